The van der Waals surface area contributed by atoms with E-state index < -0.39 is 32.4 Å². The Balaban J connectivity index is 1.68. The number of para-hydroxylation sites is 1. The Morgan fingerprint density at radius 1 is 0.889 bits per heavy atom. The molecule has 1 aliphatic rings. The van der Waals surface area contributed by atoms with Crippen molar-refractivity contribution in [1.82, 2.24) is 9.21 Å². The van der Waals surface area contributed by atoms with Crippen molar-refractivity contribution < 1.29 is 21.6 Å². The van der Waals surface area contributed by atoms with Crippen LogP contribution in [0.4, 0.5) is 18.9 Å². The van der Waals surface area contributed by atoms with Crippen LogP contribution in [0.1, 0.15) is 0 Å². The Morgan fingerprint density at radius 2 is 1.44 bits per heavy atom. The van der Waals surface area contributed by atoms with Crippen LogP contribution in [0.2, 0.25) is 0 Å². The second-order valence-electron chi connectivity index (χ2n) is 5.85. The number of thiocarbonyl (C=S) groups is 1. The maximum absolute atomic E-state index is 13.9. The number of hydrogen-bond donors (Lipinski definition) is 1. The molecule has 2 aromatic carbocycles. The normalized spacial score (nSPS) is 15.6. The van der Waals surface area contributed by atoms with E-state index in [1.165, 1.54) is 12.1 Å². The first-order valence-electron chi connectivity index (χ1n) is 8.05. The predicted molar refractivity (Wildman–Crippen MR) is 99.3 cm³/mol. The zero-order valence-corrected chi connectivity index (χ0v) is 15.7. The third-order valence-corrected chi connectivity index (χ3v) is 6.47. The molecule has 1 heterocycles. The molecule has 0 aliphatic carbocycles. The van der Waals surface area contributed by atoms with Crippen molar-refractivity contribution in [2.75, 3.05) is 31.5 Å². The summed E-state index contributed by atoms with van der Waals surface area (Å²) in [6, 6.07) is 8.94. The standard InChI is InChI=1S/C17H16F3N3O2S2/c18-12-4-1-2-7-15(12)21-17(26)22-8-10-23(11-9-22)27(24,25)16-13(19)5-3-6-14(16)20/h1-7H,8-11H2,(H,21,26). The lowest BCUT2D eigenvalue weighted by atomic mass is 10.3. The molecule has 0 spiro atoms. The van der Waals surface area contributed by atoms with Gasteiger partial charge in [-0.2, -0.15) is 4.31 Å². The smallest absolute Gasteiger partial charge is 0.249 e. The first kappa shape index (κ1) is 19.6. The van der Waals surface area contributed by atoms with Gasteiger partial charge in [0.2, 0.25) is 10.0 Å². The molecule has 1 N–H and O–H groups in total. The van der Waals surface area contributed by atoms with Crippen LogP contribution in [0.5, 0.6) is 0 Å². The quantitative estimate of drug-likeness (QED) is 0.782. The average Bonchev–Trinajstić information content (AvgIpc) is 2.63. The summed E-state index contributed by atoms with van der Waals surface area (Å²) in [5, 5.41) is 3.02. The molecule has 0 bridgehead atoms. The van der Waals surface area contributed by atoms with Gasteiger partial charge in [0, 0.05) is 26.2 Å². The zero-order chi connectivity index (χ0) is 19.6. The Morgan fingerprint density at radius 3 is 2.04 bits per heavy atom. The number of halogens is 3. The summed E-state index contributed by atoms with van der Waals surface area (Å²) in [5.41, 5.74) is 0.214. The maximum atomic E-state index is 13.9. The Kier molecular flexibility index (Phi) is 5.68. The van der Waals surface area contributed by atoms with Crippen molar-refractivity contribution in [2.24, 2.45) is 0 Å². The molecule has 0 saturated carbocycles. The fraction of sp³-hybridized carbons (Fsp3) is 0.235. The summed E-state index contributed by atoms with van der Waals surface area (Å²) in [4.78, 5) is 0.719. The third-order valence-electron chi connectivity index (χ3n) is 4.16. The lowest BCUT2D eigenvalue weighted by Gasteiger charge is -2.35. The molecule has 3 rings (SSSR count). The summed E-state index contributed by atoms with van der Waals surface area (Å²) < 4.78 is 67.6. The third kappa shape index (κ3) is 4.07. The van der Waals surface area contributed by atoms with Crippen molar-refractivity contribution in [3.05, 3.63) is 59.9 Å². The van der Waals surface area contributed by atoms with Crippen LogP contribution in [0.15, 0.2) is 47.4 Å². The van der Waals surface area contributed by atoms with E-state index >= 15 is 0 Å². The van der Waals surface area contributed by atoms with Crippen LogP contribution < -0.4 is 5.32 Å². The SMILES string of the molecule is O=S(=O)(c1c(F)cccc1F)N1CCN(C(=S)Nc2ccccc2F)CC1. The molecule has 10 heteroatoms. The number of benzene rings is 2. The number of piperazine rings is 1. The highest BCUT2D eigenvalue weighted by Gasteiger charge is 2.33. The second kappa shape index (κ2) is 7.83. The fourth-order valence-electron chi connectivity index (χ4n) is 2.75. The largest absolute Gasteiger partial charge is 0.346 e. The molecule has 1 fully saturated rings. The minimum absolute atomic E-state index is 0.00476. The monoisotopic (exact) mass is 415 g/mol. The van der Waals surface area contributed by atoms with Gasteiger partial charge in [0.1, 0.15) is 17.5 Å². The summed E-state index contributed by atoms with van der Waals surface area (Å²) in [6.45, 7) is 0.398. The molecule has 27 heavy (non-hydrogen) atoms. The molecule has 5 nitrogen and oxygen atoms in total. The molecule has 1 aliphatic heterocycles. The molecular formula is C17H16F3N3O2S2. The van der Waals surface area contributed by atoms with E-state index in [1.807, 2.05) is 0 Å². The van der Waals surface area contributed by atoms with Crippen LogP contribution in [0.3, 0.4) is 0 Å². The second-order valence-corrected chi connectivity index (χ2v) is 8.11. The van der Waals surface area contributed by atoms with Gasteiger partial charge in [0.05, 0.1) is 5.69 Å². The van der Waals surface area contributed by atoms with E-state index in [0.717, 1.165) is 22.5 Å². The van der Waals surface area contributed by atoms with E-state index in [9.17, 15) is 21.6 Å². The van der Waals surface area contributed by atoms with E-state index in [4.69, 9.17) is 12.2 Å². The van der Waals surface area contributed by atoms with Crippen molar-refractivity contribution in [2.45, 2.75) is 4.90 Å². The van der Waals surface area contributed by atoms with Gasteiger partial charge in [-0.15, -0.1) is 0 Å². The van der Waals surface area contributed by atoms with Gasteiger partial charge >= 0.3 is 0 Å². The Bertz CT molecular complexity index is 941. The lowest BCUT2D eigenvalue weighted by molar-refractivity contribution is 0.267. The van der Waals surface area contributed by atoms with Gasteiger partial charge < -0.3 is 10.2 Å². The number of hydrogen-bond acceptors (Lipinski definition) is 3. The molecule has 1 saturated heterocycles. The summed E-state index contributed by atoms with van der Waals surface area (Å²) in [6.07, 6.45) is 0. The minimum Gasteiger partial charge on any atom is -0.346 e. The minimum atomic E-state index is -4.31. The van der Waals surface area contributed by atoms with E-state index in [2.05, 4.69) is 5.32 Å². The molecule has 0 amide bonds. The first-order valence-corrected chi connectivity index (χ1v) is 9.90. The molecular weight excluding hydrogens is 399 g/mol. The Labute approximate surface area is 160 Å². The number of nitrogens with zero attached hydrogens (tertiary/aromatic N) is 2. The molecule has 144 valence electrons. The van der Waals surface area contributed by atoms with Gasteiger partial charge in [0.25, 0.3) is 0 Å². The summed E-state index contributed by atoms with van der Waals surface area (Å²) >= 11 is 5.24. The molecule has 0 atom stereocenters. The molecule has 0 unspecified atom stereocenters. The van der Waals surface area contributed by atoms with Crippen molar-refractivity contribution in [3.63, 3.8) is 0 Å². The van der Waals surface area contributed by atoms with Crippen LogP contribution in [0, 0.1) is 17.5 Å². The van der Waals surface area contributed by atoms with Gasteiger partial charge in [0.15, 0.2) is 10.0 Å². The maximum Gasteiger partial charge on any atom is 0.249 e. The topological polar surface area (TPSA) is 52.7 Å². The number of sulfonamides is 1. The van der Waals surface area contributed by atoms with Crippen molar-refractivity contribution in [3.8, 4) is 0 Å². The van der Waals surface area contributed by atoms with Crippen molar-refractivity contribution >= 4 is 33.0 Å². The van der Waals surface area contributed by atoms with Gasteiger partial charge in [-0.1, -0.05) is 18.2 Å². The fourth-order valence-corrected chi connectivity index (χ4v) is 4.57. The first-order chi connectivity index (χ1) is 12.8. The Hall–Kier alpha value is -2.17. The van der Waals surface area contributed by atoms with Gasteiger partial charge in [-0.3, -0.25) is 0 Å². The van der Waals surface area contributed by atoms with E-state index in [-0.39, 0.29) is 37.0 Å². The molecule has 0 aromatic heterocycles. The van der Waals surface area contributed by atoms with E-state index in [1.54, 1.807) is 17.0 Å². The highest BCUT2D eigenvalue weighted by Crippen LogP contribution is 2.24. The lowest BCUT2D eigenvalue weighted by Crippen LogP contribution is -2.51. The number of rotatable bonds is 3. The average molecular weight is 415 g/mol. The number of anilines is 1. The van der Waals surface area contributed by atoms with E-state index in [0.29, 0.717) is 0 Å². The number of nitrogens with one attached hydrogen (secondary N) is 1. The highest BCUT2D eigenvalue weighted by molar-refractivity contribution is 7.89. The van der Waals surface area contributed by atoms with Gasteiger partial charge in [-0.05, 0) is 36.5 Å². The van der Waals surface area contributed by atoms with Crippen LogP contribution in [-0.2, 0) is 10.0 Å². The predicted octanol–water partition coefficient (Wildman–Crippen LogP) is 2.81. The highest BCUT2D eigenvalue weighted by atomic mass is 32.2. The van der Waals surface area contributed by atoms with Crippen LogP contribution in [0.25, 0.3) is 0 Å². The van der Waals surface area contributed by atoms with Gasteiger partial charge in [-0.25, -0.2) is 21.6 Å². The van der Waals surface area contributed by atoms with Crippen LogP contribution >= 0.6 is 12.2 Å². The summed E-state index contributed by atoms with van der Waals surface area (Å²) in [5.74, 6) is -2.72. The van der Waals surface area contributed by atoms with Crippen molar-refractivity contribution in [1.29, 1.82) is 0 Å². The molecule has 0 radical (unpaired) electrons. The zero-order valence-electron chi connectivity index (χ0n) is 14.0. The summed E-state index contributed by atoms with van der Waals surface area (Å²) in [7, 11) is -4.31. The molecule has 2 aromatic rings. The van der Waals surface area contributed by atoms with Crippen LogP contribution in [-0.4, -0.2) is 48.9 Å².